The first-order valence-corrected chi connectivity index (χ1v) is 24.4. The van der Waals surface area contributed by atoms with Gasteiger partial charge in [0.2, 0.25) is 5.91 Å². The molecule has 1 amide bonds. The first kappa shape index (κ1) is 53.6. The Kier molecular flexibility index (Phi) is 42.6. The number of carbonyl (C=O) groups is 2. The molecule has 0 aliphatic carbocycles. The van der Waals surface area contributed by atoms with Crippen LogP contribution in [0.2, 0.25) is 0 Å². The molecule has 0 radical (unpaired) electrons. The molecular formula is C49H95NO5. The van der Waals surface area contributed by atoms with Crippen LogP contribution in [-0.4, -0.2) is 46.9 Å². The van der Waals surface area contributed by atoms with Crippen molar-refractivity contribution in [1.82, 2.24) is 5.32 Å². The Bertz CT molecular complexity index is 832. The van der Waals surface area contributed by atoms with Gasteiger partial charge in [0.1, 0.15) is 6.10 Å². The number of rotatable bonds is 44. The normalized spacial score (nSPS) is 13.3. The van der Waals surface area contributed by atoms with Gasteiger partial charge in [0.15, 0.2) is 0 Å². The fourth-order valence-corrected chi connectivity index (χ4v) is 7.61. The molecule has 0 aliphatic rings. The van der Waals surface area contributed by atoms with Gasteiger partial charge in [-0.25, -0.2) is 0 Å². The van der Waals surface area contributed by atoms with Gasteiger partial charge >= 0.3 is 5.97 Å². The van der Waals surface area contributed by atoms with Crippen LogP contribution in [0, 0.1) is 0 Å². The number of hydrogen-bond acceptors (Lipinski definition) is 5. The van der Waals surface area contributed by atoms with Crippen molar-refractivity contribution in [3.8, 4) is 0 Å². The number of nitrogens with one attached hydrogen (secondary N) is 1. The van der Waals surface area contributed by atoms with Gasteiger partial charge in [-0.2, -0.15) is 0 Å². The zero-order valence-electron chi connectivity index (χ0n) is 37.1. The van der Waals surface area contributed by atoms with Crippen LogP contribution in [0.3, 0.4) is 0 Å². The number of carbonyl (C=O) groups excluding carboxylic acids is 2. The molecule has 0 rings (SSSR count). The van der Waals surface area contributed by atoms with Crippen molar-refractivity contribution in [1.29, 1.82) is 0 Å². The quantitative estimate of drug-likeness (QED) is 0.0325. The van der Waals surface area contributed by atoms with E-state index in [1.54, 1.807) is 0 Å². The van der Waals surface area contributed by atoms with E-state index in [-0.39, 0.29) is 24.9 Å². The molecule has 0 saturated heterocycles. The number of ether oxygens (including phenoxy) is 1. The number of amides is 1. The molecular weight excluding hydrogens is 683 g/mol. The summed E-state index contributed by atoms with van der Waals surface area (Å²) in [7, 11) is 0. The van der Waals surface area contributed by atoms with Crippen LogP contribution in [-0.2, 0) is 14.3 Å². The third-order valence-corrected chi connectivity index (χ3v) is 11.3. The van der Waals surface area contributed by atoms with Gasteiger partial charge in [0.25, 0.3) is 0 Å². The smallest absolute Gasteiger partial charge is 0.306 e. The summed E-state index contributed by atoms with van der Waals surface area (Å²) in [5.74, 6) is -0.490. The summed E-state index contributed by atoms with van der Waals surface area (Å²) in [6.45, 7) is 6.47. The van der Waals surface area contributed by atoms with Crippen molar-refractivity contribution >= 4 is 11.9 Å². The number of allylic oxidation sites excluding steroid dienone is 2. The number of esters is 1. The van der Waals surface area contributed by atoms with Crippen LogP contribution < -0.4 is 5.32 Å². The number of aliphatic hydroxyl groups is 2. The van der Waals surface area contributed by atoms with E-state index >= 15 is 0 Å². The highest BCUT2D eigenvalue weighted by Gasteiger charge is 2.24. The number of aliphatic hydroxyl groups excluding tert-OH is 2. The van der Waals surface area contributed by atoms with E-state index in [9.17, 15) is 19.8 Å². The number of unbranched alkanes of at least 4 members (excludes halogenated alkanes) is 30. The van der Waals surface area contributed by atoms with E-state index in [0.717, 1.165) is 51.4 Å². The SMILES string of the molecule is CCCCCCCC/C=C\CCCC(CC(=O)NC(CO)C(O)CCCCCCCCCCCCCC)OC(=O)CCCCCCCCCCCCCCC. The second-order valence-electron chi connectivity index (χ2n) is 16.9. The minimum atomic E-state index is -0.787. The van der Waals surface area contributed by atoms with Gasteiger partial charge < -0.3 is 20.3 Å². The summed E-state index contributed by atoms with van der Waals surface area (Å²) in [5.41, 5.74) is 0. The first-order valence-electron chi connectivity index (χ1n) is 24.4. The molecule has 0 heterocycles. The fraction of sp³-hybridized carbons (Fsp3) is 0.918. The van der Waals surface area contributed by atoms with Gasteiger partial charge in [-0.15, -0.1) is 0 Å². The summed E-state index contributed by atoms with van der Waals surface area (Å²) in [6.07, 6.45) is 47.0. The van der Waals surface area contributed by atoms with E-state index in [1.807, 2.05) is 0 Å². The standard InChI is InChI=1S/C49H95NO5/c1-4-7-10-13-16-19-22-24-27-30-33-36-39-42-49(54)55-45(40-37-34-31-28-25-21-18-15-12-9-6-3)43-48(53)50-46(44-51)47(52)41-38-35-32-29-26-23-20-17-14-11-8-5-2/h28,31,45-47,51-52H,4-27,29-30,32-44H2,1-3H3,(H,50,53)/b31-28-. The Labute approximate surface area is 342 Å². The molecule has 0 aromatic heterocycles. The predicted octanol–water partition coefficient (Wildman–Crippen LogP) is 14.2. The van der Waals surface area contributed by atoms with Crippen molar-refractivity contribution in [3.63, 3.8) is 0 Å². The largest absolute Gasteiger partial charge is 0.462 e. The summed E-state index contributed by atoms with van der Waals surface area (Å²) >= 11 is 0. The first-order chi connectivity index (χ1) is 27.0. The van der Waals surface area contributed by atoms with Crippen LogP contribution in [0.1, 0.15) is 265 Å². The molecule has 0 spiro atoms. The summed E-state index contributed by atoms with van der Waals surface area (Å²) in [5, 5.41) is 23.7. The van der Waals surface area contributed by atoms with E-state index in [2.05, 4.69) is 38.2 Å². The van der Waals surface area contributed by atoms with Crippen molar-refractivity contribution in [2.75, 3.05) is 6.61 Å². The maximum Gasteiger partial charge on any atom is 0.306 e. The second-order valence-corrected chi connectivity index (χ2v) is 16.9. The molecule has 0 saturated carbocycles. The van der Waals surface area contributed by atoms with Crippen LogP contribution in [0.4, 0.5) is 0 Å². The molecule has 6 heteroatoms. The van der Waals surface area contributed by atoms with Gasteiger partial charge in [0, 0.05) is 6.42 Å². The Hall–Kier alpha value is -1.40. The lowest BCUT2D eigenvalue weighted by Crippen LogP contribution is -2.46. The van der Waals surface area contributed by atoms with Gasteiger partial charge in [-0.1, -0.05) is 219 Å². The molecule has 326 valence electrons. The lowest BCUT2D eigenvalue weighted by Gasteiger charge is -2.24. The molecule has 3 atom stereocenters. The monoisotopic (exact) mass is 778 g/mol. The van der Waals surface area contributed by atoms with Crippen LogP contribution >= 0.6 is 0 Å². The molecule has 3 unspecified atom stereocenters. The van der Waals surface area contributed by atoms with Gasteiger partial charge in [-0.3, -0.25) is 9.59 Å². The molecule has 55 heavy (non-hydrogen) atoms. The average molecular weight is 778 g/mol. The maximum absolute atomic E-state index is 13.1. The summed E-state index contributed by atoms with van der Waals surface area (Å²) in [4.78, 5) is 26.0. The summed E-state index contributed by atoms with van der Waals surface area (Å²) < 4.78 is 5.90. The third-order valence-electron chi connectivity index (χ3n) is 11.3. The molecule has 6 nitrogen and oxygen atoms in total. The van der Waals surface area contributed by atoms with E-state index < -0.39 is 18.2 Å². The lowest BCUT2D eigenvalue weighted by molar-refractivity contribution is -0.151. The van der Waals surface area contributed by atoms with Crippen molar-refractivity contribution in [2.45, 2.75) is 283 Å². The molecule has 0 bridgehead atoms. The van der Waals surface area contributed by atoms with Crippen LogP contribution in [0.5, 0.6) is 0 Å². The van der Waals surface area contributed by atoms with Crippen molar-refractivity contribution < 1.29 is 24.5 Å². The highest BCUT2D eigenvalue weighted by atomic mass is 16.5. The zero-order valence-corrected chi connectivity index (χ0v) is 37.1. The van der Waals surface area contributed by atoms with Crippen LogP contribution in [0.15, 0.2) is 12.2 Å². The summed E-state index contributed by atoms with van der Waals surface area (Å²) in [6, 6.07) is -0.702. The lowest BCUT2D eigenvalue weighted by atomic mass is 10.0. The maximum atomic E-state index is 13.1. The predicted molar refractivity (Wildman–Crippen MR) is 237 cm³/mol. The second kappa shape index (κ2) is 43.7. The Morgan fingerprint density at radius 2 is 0.891 bits per heavy atom. The van der Waals surface area contributed by atoms with E-state index in [0.29, 0.717) is 19.3 Å². The molecule has 0 aromatic rings. The molecule has 3 N–H and O–H groups in total. The van der Waals surface area contributed by atoms with Gasteiger partial charge in [-0.05, 0) is 44.9 Å². The average Bonchev–Trinajstić information content (AvgIpc) is 3.18. The topological polar surface area (TPSA) is 95.9 Å². The van der Waals surface area contributed by atoms with Crippen LogP contribution in [0.25, 0.3) is 0 Å². The minimum Gasteiger partial charge on any atom is -0.462 e. The Balaban J connectivity index is 4.55. The third kappa shape index (κ3) is 39.2. The zero-order chi connectivity index (χ0) is 40.3. The van der Waals surface area contributed by atoms with E-state index in [1.165, 1.54) is 167 Å². The van der Waals surface area contributed by atoms with Crippen molar-refractivity contribution in [3.05, 3.63) is 12.2 Å². The molecule has 0 aromatic carbocycles. The van der Waals surface area contributed by atoms with E-state index in [4.69, 9.17) is 4.74 Å². The Morgan fingerprint density at radius 1 is 0.509 bits per heavy atom. The van der Waals surface area contributed by atoms with Gasteiger partial charge in [0.05, 0.1) is 25.2 Å². The Morgan fingerprint density at radius 3 is 1.33 bits per heavy atom. The van der Waals surface area contributed by atoms with Crippen molar-refractivity contribution in [2.24, 2.45) is 0 Å². The highest BCUT2D eigenvalue weighted by Crippen LogP contribution is 2.17. The number of hydrogen-bond donors (Lipinski definition) is 3. The molecule has 0 fully saturated rings. The molecule has 0 aliphatic heterocycles. The fourth-order valence-electron chi connectivity index (χ4n) is 7.61. The minimum absolute atomic E-state index is 0.0631. The highest BCUT2D eigenvalue weighted by molar-refractivity contribution is 5.77.